The van der Waals surface area contributed by atoms with E-state index in [1.54, 1.807) is 0 Å². The molecule has 1 aliphatic carbocycles. The first-order chi connectivity index (χ1) is 9.72. The maximum atomic E-state index is 3.68. The highest BCUT2D eigenvalue weighted by atomic mass is 79.9. The zero-order valence-electron chi connectivity index (χ0n) is 11.1. The average molecular weight is 415 g/mol. The number of hydrogen-bond donors (Lipinski definition) is 1. The smallest absolute Gasteiger partial charge is 0.0314 e. The van der Waals surface area contributed by atoms with Gasteiger partial charge >= 0.3 is 0 Å². The van der Waals surface area contributed by atoms with Crippen molar-refractivity contribution >= 4 is 43.2 Å². The minimum atomic E-state index is 0.540. The highest BCUT2D eigenvalue weighted by Crippen LogP contribution is 2.30. The number of nitrogens with one attached hydrogen (secondary N) is 1. The number of hydrogen-bond acceptors (Lipinski definition) is 2. The molecule has 1 unspecified atom stereocenters. The third-order valence-electron chi connectivity index (χ3n) is 3.69. The summed E-state index contributed by atoms with van der Waals surface area (Å²) in [4.78, 5) is 1.44. The van der Waals surface area contributed by atoms with E-state index in [0.717, 1.165) is 23.5 Å². The fraction of sp³-hybridized carbons (Fsp3) is 0.375. The SMILES string of the molecule is Brc1ccc(C(CNC2CC2)Cc2sccc2Br)cc1. The van der Waals surface area contributed by atoms with Gasteiger partial charge in [0.25, 0.3) is 0 Å². The summed E-state index contributed by atoms with van der Waals surface area (Å²) < 4.78 is 2.39. The van der Waals surface area contributed by atoms with Crippen molar-refractivity contribution in [3.8, 4) is 0 Å². The van der Waals surface area contributed by atoms with Crippen LogP contribution in [0.4, 0.5) is 0 Å². The van der Waals surface area contributed by atoms with Crippen LogP contribution in [0.3, 0.4) is 0 Å². The Morgan fingerprint density at radius 2 is 1.90 bits per heavy atom. The van der Waals surface area contributed by atoms with Gasteiger partial charge in [-0.05, 0) is 64.3 Å². The average Bonchev–Trinajstić information content (AvgIpc) is 3.19. The van der Waals surface area contributed by atoms with E-state index in [4.69, 9.17) is 0 Å². The minimum absolute atomic E-state index is 0.540. The molecule has 0 saturated heterocycles. The third-order valence-corrected chi connectivity index (χ3v) is 6.17. The molecule has 106 valence electrons. The second kappa shape index (κ2) is 6.73. The van der Waals surface area contributed by atoms with Crippen molar-refractivity contribution in [1.82, 2.24) is 5.32 Å². The molecule has 1 atom stereocenters. The fourth-order valence-corrected chi connectivity index (χ4v) is 4.19. The molecule has 20 heavy (non-hydrogen) atoms. The molecule has 0 amide bonds. The third kappa shape index (κ3) is 3.94. The Morgan fingerprint density at radius 1 is 1.15 bits per heavy atom. The number of halogens is 2. The summed E-state index contributed by atoms with van der Waals surface area (Å²) in [5.41, 5.74) is 1.42. The van der Waals surface area contributed by atoms with Crippen LogP contribution in [-0.4, -0.2) is 12.6 Å². The number of benzene rings is 1. The first kappa shape index (κ1) is 14.8. The van der Waals surface area contributed by atoms with Gasteiger partial charge in [-0.2, -0.15) is 0 Å². The van der Waals surface area contributed by atoms with Gasteiger partial charge < -0.3 is 5.32 Å². The van der Waals surface area contributed by atoms with Gasteiger partial charge in [-0.15, -0.1) is 11.3 Å². The topological polar surface area (TPSA) is 12.0 Å². The molecule has 0 spiro atoms. The quantitative estimate of drug-likeness (QED) is 0.671. The Kier molecular flexibility index (Phi) is 4.97. The van der Waals surface area contributed by atoms with E-state index >= 15 is 0 Å². The molecule has 4 heteroatoms. The van der Waals surface area contributed by atoms with Crippen LogP contribution in [0.1, 0.15) is 29.2 Å². The van der Waals surface area contributed by atoms with Gasteiger partial charge in [-0.25, -0.2) is 0 Å². The Hall–Kier alpha value is -0.160. The van der Waals surface area contributed by atoms with E-state index < -0.39 is 0 Å². The molecule has 1 N–H and O–H groups in total. The minimum Gasteiger partial charge on any atom is -0.313 e. The monoisotopic (exact) mass is 413 g/mol. The second-order valence-electron chi connectivity index (χ2n) is 5.33. The number of thiophene rings is 1. The van der Waals surface area contributed by atoms with E-state index in [2.05, 4.69) is 72.9 Å². The van der Waals surface area contributed by atoms with E-state index in [9.17, 15) is 0 Å². The summed E-state index contributed by atoms with van der Waals surface area (Å²) >= 11 is 9.01. The van der Waals surface area contributed by atoms with Gasteiger partial charge in [0.05, 0.1) is 0 Å². The molecule has 1 nitrogen and oxygen atoms in total. The van der Waals surface area contributed by atoms with Gasteiger partial charge in [-0.1, -0.05) is 28.1 Å². The molecule has 1 aliphatic rings. The van der Waals surface area contributed by atoms with Crippen LogP contribution < -0.4 is 5.32 Å². The Labute approximate surface area is 141 Å². The lowest BCUT2D eigenvalue weighted by Crippen LogP contribution is -2.24. The van der Waals surface area contributed by atoms with Crippen LogP contribution in [0, 0.1) is 0 Å². The standard InChI is InChI=1S/C16H17Br2NS/c17-13-3-1-11(2-4-13)12(10-19-14-5-6-14)9-16-15(18)7-8-20-16/h1-4,7-8,12,14,19H,5-6,9-10H2. The van der Waals surface area contributed by atoms with Gasteiger partial charge in [-0.3, -0.25) is 0 Å². The molecule has 1 aromatic carbocycles. The predicted molar refractivity (Wildman–Crippen MR) is 93.6 cm³/mol. The Bertz CT molecular complexity index is 560. The Morgan fingerprint density at radius 3 is 2.50 bits per heavy atom. The van der Waals surface area contributed by atoms with Crippen molar-refractivity contribution in [2.45, 2.75) is 31.2 Å². The molecular formula is C16H17Br2NS. The summed E-state index contributed by atoms with van der Waals surface area (Å²) in [6.45, 7) is 1.07. The second-order valence-corrected chi connectivity index (χ2v) is 8.10. The lowest BCUT2D eigenvalue weighted by molar-refractivity contribution is 0.579. The van der Waals surface area contributed by atoms with E-state index in [0.29, 0.717) is 5.92 Å². The maximum absolute atomic E-state index is 3.68. The van der Waals surface area contributed by atoms with Crippen LogP contribution in [-0.2, 0) is 6.42 Å². The van der Waals surface area contributed by atoms with Gasteiger partial charge in [0, 0.05) is 32.3 Å². The van der Waals surface area contributed by atoms with Gasteiger partial charge in [0.15, 0.2) is 0 Å². The van der Waals surface area contributed by atoms with Gasteiger partial charge in [0.1, 0.15) is 0 Å². The molecular weight excluding hydrogens is 398 g/mol. The van der Waals surface area contributed by atoms with Crippen LogP contribution in [0.5, 0.6) is 0 Å². The zero-order valence-corrected chi connectivity index (χ0v) is 15.1. The van der Waals surface area contributed by atoms with Crippen LogP contribution in [0.2, 0.25) is 0 Å². The maximum Gasteiger partial charge on any atom is 0.0314 e. The first-order valence-corrected chi connectivity index (χ1v) is 9.39. The van der Waals surface area contributed by atoms with Crippen molar-refractivity contribution in [2.24, 2.45) is 0 Å². The summed E-state index contributed by atoms with van der Waals surface area (Å²) in [5.74, 6) is 0.540. The molecule has 1 aromatic heterocycles. The molecule has 3 rings (SSSR count). The number of rotatable bonds is 6. The molecule has 1 heterocycles. The summed E-state index contributed by atoms with van der Waals surface area (Å²) in [6, 6.07) is 11.7. The van der Waals surface area contributed by atoms with E-state index in [1.165, 1.54) is 27.8 Å². The van der Waals surface area contributed by atoms with Crippen molar-refractivity contribution in [1.29, 1.82) is 0 Å². The summed E-state index contributed by atoms with van der Waals surface area (Å²) in [5, 5.41) is 5.84. The first-order valence-electron chi connectivity index (χ1n) is 6.93. The molecule has 0 aliphatic heterocycles. The summed E-state index contributed by atoms with van der Waals surface area (Å²) in [6.07, 6.45) is 3.78. The molecule has 1 fully saturated rings. The van der Waals surface area contributed by atoms with Crippen molar-refractivity contribution in [3.63, 3.8) is 0 Å². The largest absolute Gasteiger partial charge is 0.313 e. The lowest BCUT2D eigenvalue weighted by atomic mass is 9.95. The molecule has 0 radical (unpaired) electrons. The zero-order chi connectivity index (χ0) is 13.9. The predicted octanol–water partition coefficient (Wildman–Crippen LogP) is 5.35. The van der Waals surface area contributed by atoms with Crippen molar-refractivity contribution in [3.05, 3.63) is 55.1 Å². The summed E-state index contributed by atoms with van der Waals surface area (Å²) in [7, 11) is 0. The Balaban J connectivity index is 1.75. The van der Waals surface area contributed by atoms with E-state index in [1.807, 2.05) is 11.3 Å². The van der Waals surface area contributed by atoms with E-state index in [-0.39, 0.29) is 0 Å². The van der Waals surface area contributed by atoms with Crippen LogP contribution in [0.25, 0.3) is 0 Å². The molecule has 0 bridgehead atoms. The lowest BCUT2D eigenvalue weighted by Gasteiger charge is -2.18. The molecule has 1 saturated carbocycles. The molecule has 2 aromatic rings. The fourth-order valence-electron chi connectivity index (χ4n) is 2.33. The van der Waals surface area contributed by atoms with Crippen molar-refractivity contribution < 1.29 is 0 Å². The van der Waals surface area contributed by atoms with Crippen molar-refractivity contribution in [2.75, 3.05) is 6.54 Å². The van der Waals surface area contributed by atoms with Crippen LogP contribution in [0.15, 0.2) is 44.7 Å². The van der Waals surface area contributed by atoms with Crippen LogP contribution >= 0.6 is 43.2 Å². The normalized spacial score (nSPS) is 16.3. The van der Waals surface area contributed by atoms with Gasteiger partial charge in [0.2, 0.25) is 0 Å². The highest BCUT2D eigenvalue weighted by Gasteiger charge is 2.23. The highest BCUT2D eigenvalue weighted by molar-refractivity contribution is 9.10.